The Morgan fingerprint density at radius 1 is 1.30 bits per heavy atom. The number of nitrogens with zero attached hydrogens (tertiary/aromatic N) is 2. The van der Waals surface area contributed by atoms with Crippen LogP contribution in [0, 0.1) is 6.92 Å². The van der Waals surface area contributed by atoms with Gasteiger partial charge in [0.2, 0.25) is 5.76 Å². The van der Waals surface area contributed by atoms with Crippen LogP contribution in [0.5, 0.6) is 0 Å². The van der Waals surface area contributed by atoms with Crippen molar-refractivity contribution in [3.05, 3.63) is 47.2 Å². The molecule has 0 radical (unpaired) electrons. The molecule has 6 heteroatoms. The molecule has 2 heterocycles. The van der Waals surface area contributed by atoms with E-state index in [0.717, 1.165) is 12.8 Å². The Morgan fingerprint density at radius 3 is 2.74 bits per heavy atom. The zero-order valence-electron chi connectivity index (χ0n) is 12.7. The number of aliphatic carboxylic acids is 1. The minimum atomic E-state index is -0.930. The lowest BCUT2D eigenvalue weighted by atomic mass is 10.0. The van der Waals surface area contributed by atoms with E-state index in [0.29, 0.717) is 28.8 Å². The summed E-state index contributed by atoms with van der Waals surface area (Å²) in [7, 11) is 0. The largest absolute Gasteiger partial charge is 0.481 e. The Labute approximate surface area is 132 Å². The third-order valence-electron chi connectivity index (χ3n) is 4.45. The zero-order valence-corrected chi connectivity index (χ0v) is 12.7. The smallest absolute Gasteiger partial charge is 0.312 e. The molecule has 0 unspecified atom stereocenters. The van der Waals surface area contributed by atoms with Crippen LogP contribution in [0.25, 0.3) is 0 Å². The van der Waals surface area contributed by atoms with Crippen molar-refractivity contribution < 1.29 is 19.1 Å². The van der Waals surface area contributed by atoms with Gasteiger partial charge in [0.25, 0.3) is 5.91 Å². The Morgan fingerprint density at radius 2 is 2.04 bits per heavy atom. The number of carboxylic acid groups (broad SMARTS) is 1. The van der Waals surface area contributed by atoms with Gasteiger partial charge in [0.15, 0.2) is 5.89 Å². The number of hydrogen-bond donors (Lipinski definition) is 1. The van der Waals surface area contributed by atoms with Gasteiger partial charge < -0.3 is 14.4 Å². The van der Waals surface area contributed by atoms with Crippen molar-refractivity contribution >= 4 is 17.6 Å². The number of fused-ring (bicyclic) bond motifs is 1. The van der Waals surface area contributed by atoms with Gasteiger partial charge >= 0.3 is 5.97 Å². The molecule has 0 spiro atoms. The number of aromatic nitrogens is 1. The molecule has 0 saturated heterocycles. The Kier molecular flexibility index (Phi) is 3.01. The minimum Gasteiger partial charge on any atom is -0.481 e. The summed E-state index contributed by atoms with van der Waals surface area (Å²) in [5.74, 6) is -0.797. The van der Waals surface area contributed by atoms with Crippen molar-refractivity contribution in [2.45, 2.75) is 31.6 Å². The number of anilines is 1. The molecule has 1 aliphatic carbocycles. The molecule has 4 rings (SSSR count). The first-order chi connectivity index (χ1) is 11.1. The molecule has 1 N–H and O–H groups in total. The number of aryl methyl sites for hydroxylation is 1. The van der Waals surface area contributed by atoms with Gasteiger partial charge in [-0.15, -0.1) is 0 Å². The number of carboxylic acids is 1. The number of amides is 1. The van der Waals surface area contributed by atoms with Gasteiger partial charge in [-0.3, -0.25) is 9.59 Å². The lowest BCUT2D eigenvalue weighted by Gasteiger charge is -2.16. The minimum absolute atomic E-state index is 0.117. The molecule has 2 aromatic rings. The summed E-state index contributed by atoms with van der Waals surface area (Å²) in [4.78, 5) is 30.1. The number of para-hydroxylation sites is 1. The van der Waals surface area contributed by atoms with Crippen LogP contribution in [0.15, 0.2) is 28.7 Å². The summed E-state index contributed by atoms with van der Waals surface area (Å²) in [6.07, 6.45) is 2.09. The summed E-state index contributed by atoms with van der Waals surface area (Å²) in [5, 5.41) is 9.40. The standard InChI is InChI=1S/C17H16N2O4/c1-9-14(23-15(18-9)10-6-7-10)16(20)19-8-12(17(21)22)11-4-2-3-5-13(11)19/h2-5,10,12H,6-8H2,1H3,(H,21,22)/t12-/m1/s1. The molecule has 1 fully saturated rings. The van der Waals surface area contributed by atoms with Gasteiger partial charge in [-0.2, -0.15) is 0 Å². The van der Waals surface area contributed by atoms with Crippen LogP contribution in [0.4, 0.5) is 5.69 Å². The lowest BCUT2D eigenvalue weighted by molar-refractivity contribution is -0.138. The topological polar surface area (TPSA) is 83.6 Å². The van der Waals surface area contributed by atoms with Crippen LogP contribution in [-0.2, 0) is 4.79 Å². The van der Waals surface area contributed by atoms with Crippen molar-refractivity contribution in [3.8, 4) is 0 Å². The Bertz CT molecular complexity index is 807. The summed E-state index contributed by atoms with van der Waals surface area (Å²) < 4.78 is 5.67. The summed E-state index contributed by atoms with van der Waals surface area (Å²) >= 11 is 0. The molecule has 23 heavy (non-hydrogen) atoms. The highest BCUT2D eigenvalue weighted by atomic mass is 16.4. The van der Waals surface area contributed by atoms with Crippen molar-refractivity contribution in [2.75, 3.05) is 11.4 Å². The van der Waals surface area contributed by atoms with Crippen LogP contribution < -0.4 is 4.90 Å². The maximum absolute atomic E-state index is 12.9. The predicted molar refractivity (Wildman–Crippen MR) is 81.7 cm³/mol. The number of carbonyl (C=O) groups is 2. The highest BCUT2D eigenvalue weighted by Crippen LogP contribution is 2.41. The van der Waals surface area contributed by atoms with E-state index in [2.05, 4.69) is 4.98 Å². The van der Waals surface area contributed by atoms with Crippen LogP contribution >= 0.6 is 0 Å². The second kappa shape index (κ2) is 4.94. The van der Waals surface area contributed by atoms with Crippen molar-refractivity contribution in [3.63, 3.8) is 0 Å². The monoisotopic (exact) mass is 312 g/mol. The van der Waals surface area contributed by atoms with Crippen LogP contribution in [0.3, 0.4) is 0 Å². The highest BCUT2D eigenvalue weighted by molar-refractivity contribution is 6.07. The van der Waals surface area contributed by atoms with E-state index in [9.17, 15) is 14.7 Å². The first-order valence-electron chi connectivity index (χ1n) is 7.67. The number of benzene rings is 1. The van der Waals surface area contributed by atoms with E-state index in [-0.39, 0.29) is 18.2 Å². The van der Waals surface area contributed by atoms with Crippen LogP contribution in [0.1, 0.15) is 52.4 Å². The molecule has 2 aliphatic rings. The molecule has 1 aromatic carbocycles. The Balaban J connectivity index is 1.70. The number of hydrogen-bond acceptors (Lipinski definition) is 4. The third-order valence-corrected chi connectivity index (χ3v) is 4.45. The SMILES string of the molecule is Cc1nc(C2CC2)oc1C(=O)N1C[C@@H](C(=O)O)c2ccccc21. The fourth-order valence-electron chi connectivity index (χ4n) is 3.05. The number of oxazole rings is 1. The van der Waals surface area contributed by atoms with Gasteiger partial charge in [-0.25, -0.2) is 4.98 Å². The third kappa shape index (κ3) is 2.21. The molecule has 0 bridgehead atoms. The fourth-order valence-corrected chi connectivity index (χ4v) is 3.05. The second-order valence-corrected chi connectivity index (χ2v) is 6.11. The van der Waals surface area contributed by atoms with E-state index < -0.39 is 11.9 Å². The average Bonchev–Trinajstić information content (AvgIpc) is 3.20. The van der Waals surface area contributed by atoms with Gasteiger partial charge in [0, 0.05) is 18.2 Å². The molecular weight excluding hydrogens is 296 g/mol. The molecule has 1 atom stereocenters. The van der Waals surface area contributed by atoms with E-state index in [1.165, 1.54) is 4.90 Å². The summed E-state index contributed by atoms with van der Waals surface area (Å²) in [5.41, 5.74) is 1.86. The Hall–Kier alpha value is -2.63. The number of carbonyl (C=O) groups excluding carboxylic acids is 1. The van der Waals surface area contributed by atoms with Crippen LogP contribution in [-0.4, -0.2) is 28.5 Å². The van der Waals surface area contributed by atoms with Crippen LogP contribution in [0.2, 0.25) is 0 Å². The quantitative estimate of drug-likeness (QED) is 0.942. The molecular formula is C17H16N2O4. The van der Waals surface area contributed by atoms with Gasteiger partial charge in [0.1, 0.15) is 5.92 Å². The van der Waals surface area contributed by atoms with Crippen molar-refractivity contribution in [1.82, 2.24) is 4.98 Å². The van der Waals surface area contributed by atoms with Crippen molar-refractivity contribution in [2.24, 2.45) is 0 Å². The van der Waals surface area contributed by atoms with E-state index in [1.54, 1.807) is 31.2 Å². The van der Waals surface area contributed by atoms with Gasteiger partial charge in [-0.05, 0) is 31.4 Å². The van der Waals surface area contributed by atoms with E-state index in [4.69, 9.17) is 4.42 Å². The van der Waals surface area contributed by atoms with E-state index in [1.807, 2.05) is 0 Å². The number of rotatable bonds is 3. The summed E-state index contributed by atoms with van der Waals surface area (Å²) in [6.45, 7) is 1.87. The fraction of sp³-hybridized carbons (Fsp3) is 0.353. The first-order valence-corrected chi connectivity index (χ1v) is 7.67. The molecule has 1 aliphatic heterocycles. The second-order valence-electron chi connectivity index (χ2n) is 6.11. The first kappa shape index (κ1) is 14.0. The predicted octanol–water partition coefficient (Wildman–Crippen LogP) is 2.69. The average molecular weight is 312 g/mol. The molecule has 118 valence electrons. The van der Waals surface area contributed by atoms with E-state index >= 15 is 0 Å². The maximum Gasteiger partial charge on any atom is 0.312 e. The molecule has 1 saturated carbocycles. The molecule has 6 nitrogen and oxygen atoms in total. The highest BCUT2D eigenvalue weighted by Gasteiger charge is 2.39. The van der Waals surface area contributed by atoms with Gasteiger partial charge in [-0.1, -0.05) is 18.2 Å². The molecule has 1 aromatic heterocycles. The zero-order chi connectivity index (χ0) is 16.1. The maximum atomic E-state index is 12.9. The molecule has 1 amide bonds. The lowest BCUT2D eigenvalue weighted by Crippen LogP contribution is -2.31. The summed E-state index contributed by atoms with van der Waals surface area (Å²) in [6, 6.07) is 7.10. The van der Waals surface area contributed by atoms with Gasteiger partial charge in [0.05, 0.1) is 5.69 Å². The van der Waals surface area contributed by atoms with Crippen molar-refractivity contribution in [1.29, 1.82) is 0 Å². The normalized spacial score (nSPS) is 19.7.